The number of hydrogen-bond donors (Lipinski definition) is 1. The summed E-state index contributed by atoms with van der Waals surface area (Å²) in [7, 11) is 1.63. The van der Waals surface area contributed by atoms with Crippen LogP contribution in [0.3, 0.4) is 0 Å². The lowest BCUT2D eigenvalue weighted by atomic mass is 9.93. The standard InChI is InChI=1S/C18H19N3O2S/c1-11(22)12-5-4-6-13(7-12)14-8-15(24-10-14)18(2)9-16(23)21(3)17(19)20-18/h4-8,10H,9H2,1-3H3,(H2,19,20). The first-order valence-electron chi connectivity index (χ1n) is 7.62. The van der Waals surface area contributed by atoms with E-state index in [0.29, 0.717) is 5.56 Å². The minimum Gasteiger partial charge on any atom is -0.369 e. The molecule has 0 fully saturated rings. The fraction of sp³-hybridized carbons (Fsp3) is 0.278. The van der Waals surface area contributed by atoms with Gasteiger partial charge in [0.1, 0.15) is 5.54 Å². The number of benzene rings is 1. The van der Waals surface area contributed by atoms with Crippen molar-refractivity contribution >= 4 is 29.0 Å². The van der Waals surface area contributed by atoms with Gasteiger partial charge in [0.15, 0.2) is 11.7 Å². The summed E-state index contributed by atoms with van der Waals surface area (Å²) in [6.07, 6.45) is 0.289. The molecule has 1 aromatic carbocycles. The molecule has 1 atom stereocenters. The minimum atomic E-state index is -0.644. The Hall–Kier alpha value is -2.47. The van der Waals surface area contributed by atoms with Crippen LogP contribution < -0.4 is 5.73 Å². The largest absolute Gasteiger partial charge is 0.369 e. The van der Waals surface area contributed by atoms with Gasteiger partial charge in [-0.2, -0.15) is 0 Å². The molecule has 3 rings (SSSR count). The lowest BCUT2D eigenvalue weighted by Crippen LogP contribution is -2.47. The number of aliphatic imine (C=N–C) groups is 1. The quantitative estimate of drug-likeness (QED) is 0.872. The maximum absolute atomic E-state index is 12.1. The van der Waals surface area contributed by atoms with Crippen LogP contribution in [0, 0.1) is 0 Å². The van der Waals surface area contributed by atoms with Gasteiger partial charge in [0.25, 0.3) is 0 Å². The van der Waals surface area contributed by atoms with Crippen LogP contribution in [-0.2, 0) is 10.3 Å². The highest BCUT2D eigenvalue weighted by atomic mass is 32.1. The maximum atomic E-state index is 12.1. The van der Waals surface area contributed by atoms with E-state index < -0.39 is 5.54 Å². The van der Waals surface area contributed by atoms with Crippen molar-refractivity contribution in [3.63, 3.8) is 0 Å². The Morgan fingerprint density at radius 3 is 2.75 bits per heavy atom. The van der Waals surface area contributed by atoms with Crippen molar-refractivity contribution in [1.29, 1.82) is 0 Å². The van der Waals surface area contributed by atoms with E-state index in [1.165, 1.54) is 4.90 Å². The zero-order chi connectivity index (χ0) is 17.5. The van der Waals surface area contributed by atoms with Crippen LogP contribution in [-0.4, -0.2) is 29.6 Å². The zero-order valence-corrected chi connectivity index (χ0v) is 14.7. The number of guanidine groups is 1. The van der Waals surface area contributed by atoms with Gasteiger partial charge < -0.3 is 5.73 Å². The first kappa shape index (κ1) is 16.4. The molecule has 0 radical (unpaired) electrons. The third kappa shape index (κ3) is 2.85. The summed E-state index contributed by atoms with van der Waals surface area (Å²) in [6, 6.07) is 9.56. The van der Waals surface area contributed by atoms with E-state index in [9.17, 15) is 9.59 Å². The molecule has 5 nitrogen and oxygen atoms in total. The van der Waals surface area contributed by atoms with Crippen molar-refractivity contribution in [1.82, 2.24) is 4.90 Å². The van der Waals surface area contributed by atoms with Crippen molar-refractivity contribution in [2.75, 3.05) is 7.05 Å². The van der Waals surface area contributed by atoms with Crippen molar-refractivity contribution in [2.45, 2.75) is 25.8 Å². The Balaban J connectivity index is 1.98. The lowest BCUT2D eigenvalue weighted by Gasteiger charge is -2.32. The normalized spacial score (nSPS) is 20.9. The van der Waals surface area contributed by atoms with Crippen LogP contribution in [0.4, 0.5) is 0 Å². The summed E-state index contributed by atoms with van der Waals surface area (Å²) < 4.78 is 0. The molecule has 2 aromatic rings. The monoisotopic (exact) mass is 341 g/mol. The Bertz CT molecular complexity index is 855. The van der Waals surface area contributed by atoms with Gasteiger partial charge in [-0.25, -0.2) is 4.99 Å². The van der Waals surface area contributed by atoms with Crippen LogP contribution >= 0.6 is 11.3 Å². The Kier molecular flexibility index (Phi) is 4.01. The molecule has 2 heterocycles. The number of amides is 1. The first-order chi connectivity index (χ1) is 11.3. The number of carbonyl (C=O) groups excluding carboxylic acids is 2. The van der Waals surface area contributed by atoms with Crippen LogP contribution in [0.2, 0.25) is 0 Å². The maximum Gasteiger partial charge on any atom is 0.231 e. The zero-order valence-electron chi connectivity index (χ0n) is 13.9. The highest BCUT2D eigenvalue weighted by Crippen LogP contribution is 2.39. The molecule has 1 aromatic heterocycles. The van der Waals surface area contributed by atoms with E-state index in [1.54, 1.807) is 31.4 Å². The van der Waals surface area contributed by atoms with E-state index in [-0.39, 0.29) is 24.1 Å². The van der Waals surface area contributed by atoms with Crippen molar-refractivity contribution < 1.29 is 9.59 Å². The second-order valence-corrected chi connectivity index (χ2v) is 7.12. The lowest BCUT2D eigenvalue weighted by molar-refractivity contribution is -0.128. The highest BCUT2D eigenvalue weighted by molar-refractivity contribution is 7.10. The Labute approximate surface area is 144 Å². The SMILES string of the molecule is CC(=O)c1cccc(-c2csc(C3(C)CC(=O)N(C)C(N)=N3)c2)c1. The highest BCUT2D eigenvalue weighted by Gasteiger charge is 2.37. The number of rotatable bonds is 3. The Morgan fingerprint density at radius 1 is 1.33 bits per heavy atom. The second kappa shape index (κ2) is 5.87. The molecule has 0 saturated carbocycles. The minimum absolute atomic E-state index is 0.0394. The van der Waals surface area contributed by atoms with E-state index >= 15 is 0 Å². The van der Waals surface area contributed by atoms with Gasteiger partial charge in [0.2, 0.25) is 5.91 Å². The average Bonchev–Trinajstić information content (AvgIpc) is 3.03. The Morgan fingerprint density at radius 2 is 2.08 bits per heavy atom. The van der Waals surface area contributed by atoms with Gasteiger partial charge in [0.05, 0.1) is 6.42 Å². The summed E-state index contributed by atoms with van der Waals surface area (Å²) in [6.45, 7) is 3.48. The topological polar surface area (TPSA) is 75.8 Å². The molecule has 6 heteroatoms. The third-order valence-corrected chi connectivity index (χ3v) is 5.49. The van der Waals surface area contributed by atoms with Crippen LogP contribution in [0.25, 0.3) is 11.1 Å². The molecule has 1 unspecified atom stereocenters. The van der Waals surface area contributed by atoms with E-state index in [0.717, 1.165) is 16.0 Å². The molecular formula is C18H19N3O2S. The van der Waals surface area contributed by atoms with Crippen LogP contribution in [0.15, 0.2) is 40.7 Å². The van der Waals surface area contributed by atoms with Crippen molar-refractivity contribution in [3.05, 3.63) is 46.2 Å². The number of thiophene rings is 1. The van der Waals surface area contributed by atoms with Gasteiger partial charge in [0, 0.05) is 17.5 Å². The molecule has 0 spiro atoms. The number of nitrogens with two attached hydrogens (primary N) is 1. The average molecular weight is 341 g/mol. The van der Waals surface area contributed by atoms with Gasteiger partial charge in [-0.05, 0) is 42.5 Å². The summed E-state index contributed by atoms with van der Waals surface area (Å²) in [4.78, 5) is 30.6. The number of carbonyl (C=O) groups is 2. The van der Waals surface area contributed by atoms with Crippen LogP contribution in [0.1, 0.15) is 35.5 Å². The smallest absolute Gasteiger partial charge is 0.231 e. The molecular weight excluding hydrogens is 322 g/mol. The predicted octanol–water partition coefficient (Wildman–Crippen LogP) is 3.01. The fourth-order valence-corrected chi connectivity index (χ4v) is 3.76. The molecule has 124 valence electrons. The second-order valence-electron chi connectivity index (χ2n) is 6.21. The summed E-state index contributed by atoms with van der Waals surface area (Å²) in [5.41, 5.74) is 7.90. The summed E-state index contributed by atoms with van der Waals surface area (Å²) in [5, 5.41) is 2.02. The van der Waals surface area contributed by atoms with Gasteiger partial charge in [-0.1, -0.05) is 18.2 Å². The van der Waals surface area contributed by atoms with Gasteiger partial charge in [-0.3, -0.25) is 14.5 Å². The molecule has 0 saturated heterocycles. The molecule has 24 heavy (non-hydrogen) atoms. The molecule has 1 aliphatic heterocycles. The van der Waals surface area contributed by atoms with Crippen molar-refractivity contribution in [3.8, 4) is 11.1 Å². The van der Waals surface area contributed by atoms with Gasteiger partial charge >= 0.3 is 0 Å². The molecule has 1 amide bonds. The predicted molar refractivity (Wildman–Crippen MR) is 96.1 cm³/mol. The third-order valence-electron chi connectivity index (χ3n) is 4.31. The number of nitrogens with zero attached hydrogens (tertiary/aromatic N) is 2. The molecule has 0 aliphatic carbocycles. The number of hydrogen-bond acceptors (Lipinski definition) is 5. The summed E-state index contributed by atoms with van der Waals surface area (Å²) in [5.74, 6) is 0.235. The van der Waals surface area contributed by atoms with Gasteiger partial charge in [-0.15, -0.1) is 11.3 Å². The molecule has 2 N–H and O–H groups in total. The van der Waals surface area contributed by atoms with E-state index in [1.807, 2.05) is 36.6 Å². The van der Waals surface area contributed by atoms with Crippen molar-refractivity contribution in [2.24, 2.45) is 10.7 Å². The number of Topliss-reactive ketones (excluding diaryl/α,β-unsaturated/α-hetero) is 1. The number of ketones is 1. The molecule has 1 aliphatic rings. The van der Waals surface area contributed by atoms with E-state index in [4.69, 9.17) is 5.73 Å². The fourth-order valence-electron chi connectivity index (χ4n) is 2.74. The molecule has 0 bridgehead atoms. The van der Waals surface area contributed by atoms with Crippen LogP contribution in [0.5, 0.6) is 0 Å². The first-order valence-corrected chi connectivity index (χ1v) is 8.50. The van der Waals surface area contributed by atoms with E-state index in [2.05, 4.69) is 4.99 Å². The summed E-state index contributed by atoms with van der Waals surface area (Å²) >= 11 is 1.55.